The van der Waals surface area contributed by atoms with E-state index in [0.717, 1.165) is 18.4 Å². The van der Waals surface area contributed by atoms with Gasteiger partial charge in [-0.1, -0.05) is 35.3 Å². The zero-order valence-corrected chi connectivity index (χ0v) is 16.8. The van der Waals surface area contributed by atoms with Gasteiger partial charge in [0.2, 0.25) is 0 Å². The summed E-state index contributed by atoms with van der Waals surface area (Å²) in [7, 11) is -3.30. The van der Waals surface area contributed by atoms with Crippen molar-refractivity contribution in [2.24, 2.45) is 5.73 Å². The third-order valence-electron chi connectivity index (χ3n) is 4.53. The molecular weight excluding hydrogens is 393 g/mol. The molecule has 142 valence electrons. The predicted octanol–water partition coefficient (Wildman–Crippen LogP) is 5.66. The molecule has 0 saturated carbocycles. The van der Waals surface area contributed by atoms with E-state index in [9.17, 15) is 9.11 Å². The number of nitrogens with two attached hydrogens (primary N) is 1. The average molecular weight is 416 g/mol. The highest BCUT2D eigenvalue weighted by atomic mass is 35.5. The van der Waals surface area contributed by atoms with Gasteiger partial charge >= 0.3 is 0 Å². The normalized spacial score (nSPS) is 19.1. The van der Waals surface area contributed by atoms with Crippen molar-refractivity contribution in [1.29, 1.82) is 0 Å². The van der Waals surface area contributed by atoms with Gasteiger partial charge in [-0.3, -0.25) is 9.11 Å². The molecule has 0 spiro atoms. The Balaban J connectivity index is 2.12. The van der Waals surface area contributed by atoms with Crippen LogP contribution in [0.4, 0.5) is 11.4 Å². The van der Waals surface area contributed by atoms with E-state index in [4.69, 9.17) is 28.9 Å². The number of nitrogens with zero attached hydrogens (tertiary/aromatic N) is 2. The van der Waals surface area contributed by atoms with Crippen LogP contribution in [0.1, 0.15) is 25.3 Å². The van der Waals surface area contributed by atoms with Gasteiger partial charge in [-0.2, -0.15) is 4.31 Å². The zero-order chi connectivity index (χ0) is 18.9. The smallest absolute Gasteiger partial charge is 0.0827 e. The first-order valence-electron chi connectivity index (χ1n) is 8.44. The molecule has 8 heteroatoms. The van der Waals surface area contributed by atoms with Crippen LogP contribution in [-0.4, -0.2) is 26.0 Å². The zero-order valence-electron chi connectivity index (χ0n) is 14.5. The first-order chi connectivity index (χ1) is 12.4. The summed E-state index contributed by atoms with van der Waals surface area (Å²) in [5, 5.41) is 1.06. The molecule has 0 radical (unpaired) electrons. The van der Waals surface area contributed by atoms with Crippen molar-refractivity contribution in [3.63, 3.8) is 0 Å². The van der Waals surface area contributed by atoms with Gasteiger partial charge in [0.1, 0.15) is 0 Å². The molecule has 0 aromatic heterocycles. The van der Waals surface area contributed by atoms with Crippen LogP contribution in [0.25, 0.3) is 0 Å². The van der Waals surface area contributed by atoms with Gasteiger partial charge in [0.25, 0.3) is 0 Å². The lowest BCUT2D eigenvalue weighted by Crippen LogP contribution is -2.45. The number of rotatable bonds is 5. The summed E-state index contributed by atoms with van der Waals surface area (Å²) in [5.41, 5.74) is 7.79. The van der Waals surface area contributed by atoms with Crippen LogP contribution in [-0.2, 0) is 6.54 Å². The Hall–Kier alpha value is -0.990. The first kappa shape index (κ1) is 19.8. The van der Waals surface area contributed by atoms with E-state index >= 15 is 0 Å². The van der Waals surface area contributed by atoms with Gasteiger partial charge in [-0.05, 0) is 73.2 Å². The number of benzene rings is 2. The number of hydrogen-bond acceptors (Lipinski definition) is 5. The first-order valence-corrected chi connectivity index (χ1v) is 10.7. The minimum atomic E-state index is -3.30. The summed E-state index contributed by atoms with van der Waals surface area (Å²) in [5.74, 6) is 0. The number of fused-ring (bicyclic) bond motifs is 1. The van der Waals surface area contributed by atoms with Crippen LogP contribution in [0, 0.1) is 0 Å². The SMILES string of the molecule is CC(CCCN)N1Cc2cc(Cl)ccc2N(c2ccccc2Cl)S1(O)O. The monoisotopic (exact) mass is 415 g/mol. The van der Waals surface area contributed by atoms with E-state index in [1.54, 1.807) is 28.6 Å². The Kier molecular flexibility index (Phi) is 6.04. The van der Waals surface area contributed by atoms with E-state index in [2.05, 4.69) is 0 Å². The van der Waals surface area contributed by atoms with Gasteiger partial charge < -0.3 is 5.73 Å². The highest BCUT2D eigenvalue weighted by Crippen LogP contribution is 2.60. The Morgan fingerprint density at radius 2 is 1.88 bits per heavy atom. The predicted molar refractivity (Wildman–Crippen MR) is 111 cm³/mol. The molecule has 1 heterocycles. The molecule has 2 aromatic carbocycles. The molecule has 1 aliphatic rings. The van der Waals surface area contributed by atoms with Crippen LogP contribution in [0.5, 0.6) is 0 Å². The van der Waals surface area contributed by atoms with Gasteiger partial charge in [-0.25, -0.2) is 4.31 Å². The highest BCUT2D eigenvalue weighted by Gasteiger charge is 2.40. The quantitative estimate of drug-likeness (QED) is 0.587. The second-order valence-corrected chi connectivity index (χ2v) is 9.02. The molecule has 0 amide bonds. The molecule has 26 heavy (non-hydrogen) atoms. The second kappa shape index (κ2) is 7.94. The molecule has 1 unspecified atom stereocenters. The number of halogens is 2. The maximum atomic E-state index is 11.2. The van der Waals surface area contributed by atoms with Crippen molar-refractivity contribution in [3.05, 3.63) is 58.1 Å². The number of anilines is 2. The lowest BCUT2D eigenvalue weighted by atomic mass is 10.1. The Morgan fingerprint density at radius 3 is 2.58 bits per heavy atom. The molecule has 1 atom stereocenters. The van der Waals surface area contributed by atoms with Crippen LogP contribution in [0.15, 0.2) is 42.5 Å². The van der Waals surface area contributed by atoms with Crippen LogP contribution < -0.4 is 10.0 Å². The molecular formula is C18H23Cl2N3O2S. The van der Waals surface area contributed by atoms with E-state index in [1.165, 1.54) is 4.31 Å². The van der Waals surface area contributed by atoms with E-state index in [-0.39, 0.29) is 6.04 Å². The van der Waals surface area contributed by atoms with Crippen LogP contribution >= 0.6 is 34.2 Å². The minimum absolute atomic E-state index is 0.0688. The van der Waals surface area contributed by atoms with Gasteiger partial charge in [-0.15, -0.1) is 0 Å². The van der Waals surface area contributed by atoms with Crippen molar-refractivity contribution in [2.45, 2.75) is 32.4 Å². The average Bonchev–Trinajstić information content (AvgIpc) is 2.60. The molecule has 1 aliphatic heterocycles. The molecule has 2 aromatic rings. The summed E-state index contributed by atoms with van der Waals surface area (Å²) < 4.78 is 25.7. The summed E-state index contributed by atoms with van der Waals surface area (Å²) in [4.78, 5) is 0. The summed E-state index contributed by atoms with van der Waals surface area (Å²) in [6.07, 6.45) is 1.57. The molecule has 4 N–H and O–H groups in total. The number of hydrogen-bond donors (Lipinski definition) is 3. The van der Waals surface area contributed by atoms with Crippen LogP contribution in [0.3, 0.4) is 0 Å². The molecule has 0 fully saturated rings. The maximum Gasteiger partial charge on any atom is 0.0827 e. The van der Waals surface area contributed by atoms with Gasteiger partial charge in [0.15, 0.2) is 0 Å². The van der Waals surface area contributed by atoms with E-state index in [0.29, 0.717) is 34.5 Å². The molecule has 0 aliphatic carbocycles. The molecule has 5 nitrogen and oxygen atoms in total. The standard InChI is InChI=1S/C18H23Cl2N3O2S/c1-13(5-4-10-21)22-12-14-11-15(19)8-9-17(14)23(26(22,24)25)18-7-3-2-6-16(18)20/h2-3,6-9,11,13,24-25H,4-5,10,12,21H2,1H3. The van der Waals surface area contributed by atoms with Crippen LogP contribution in [0.2, 0.25) is 10.0 Å². The Bertz CT molecular complexity index is 791. The Morgan fingerprint density at radius 1 is 1.15 bits per heavy atom. The summed E-state index contributed by atoms with van der Waals surface area (Å²) in [6.45, 7) is 2.93. The van der Waals surface area contributed by atoms with E-state index < -0.39 is 11.0 Å². The van der Waals surface area contributed by atoms with Crippen molar-refractivity contribution < 1.29 is 9.11 Å². The summed E-state index contributed by atoms with van der Waals surface area (Å²) in [6, 6.07) is 12.5. The summed E-state index contributed by atoms with van der Waals surface area (Å²) >= 11 is 12.6. The topological polar surface area (TPSA) is 73.0 Å². The van der Waals surface area contributed by atoms with Gasteiger partial charge in [0, 0.05) is 17.6 Å². The minimum Gasteiger partial charge on any atom is -0.330 e. The lowest BCUT2D eigenvalue weighted by molar-refractivity contribution is 0.270. The molecule has 0 saturated heterocycles. The maximum absolute atomic E-state index is 11.2. The van der Waals surface area contributed by atoms with Crippen molar-refractivity contribution in [2.75, 3.05) is 10.8 Å². The Labute approximate surface area is 165 Å². The second-order valence-electron chi connectivity index (χ2n) is 6.36. The highest BCUT2D eigenvalue weighted by molar-refractivity contribution is 8.23. The van der Waals surface area contributed by atoms with E-state index in [1.807, 2.05) is 25.1 Å². The lowest BCUT2D eigenvalue weighted by Gasteiger charge is -2.55. The third-order valence-corrected chi connectivity index (χ3v) is 7.09. The fourth-order valence-corrected chi connectivity index (χ4v) is 5.64. The van der Waals surface area contributed by atoms with Crippen molar-refractivity contribution in [1.82, 2.24) is 4.31 Å². The van der Waals surface area contributed by atoms with Crippen molar-refractivity contribution in [3.8, 4) is 0 Å². The number of para-hydroxylation sites is 1. The molecule has 0 bridgehead atoms. The fourth-order valence-electron chi connectivity index (χ4n) is 3.20. The molecule has 3 rings (SSSR count). The largest absolute Gasteiger partial charge is 0.330 e. The third kappa shape index (κ3) is 3.68. The van der Waals surface area contributed by atoms with Crippen molar-refractivity contribution >= 4 is 45.5 Å². The van der Waals surface area contributed by atoms with Gasteiger partial charge in [0.05, 0.1) is 16.4 Å². The fraction of sp³-hybridized carbons (Fsp3) is 0.333.